The monoisotopic (exact) mass is 2200 g/mol. The molecule has 16 atom stereocenters. The van der Waals surface area contributed by atoms with Crippen molar-refractivity contribution in [1.82, 2.24) is 79.4 Å². The van der Waals surface area contributed by atoms with Gasteiger partial charge < -0.3 is 50.8 Å². The zero-order valence-corrected chi connectivity index (χ0v) is 82.8. The first-order chi connectivity index (χ1) is 69.8. The van der Waals surface area contributed by atoms with E-state index in [-0.39, 0.29) is 143 Å². The molecule has 16 rings (SSSR count). The molecule has 0 saturated heterocycles. The van der Waals surface area contributed by atoms with Crippen LogP contribution < -0.4 is 40.6 Å². The summed E-state index contributed by atoms with van der Waals surface area (Å²) in [6.07, 6.45) is -1.20. The largest absolute Gasteiger partial charge is 0.573 e. The quantitative estimate of drug-likeness (QED) is 0.0107. The van der Waals surface area contributed by atoms with E-state index in [1.807, 2.05) is 32.9 Å². The topological polar surface area (TPSA) is 459 Å². The summed E-state index contributed by atoms with van der Waals surface area (Å²) in [4.78, 5) is 83.9. The van der Waals surface area contributed by atoms with E-state index in [2.05, 4.69) is 156 Å². The molecule has 8 aromatic heterocycles. The van der Waals surface area contributed by atoms with Gasteiger partial charge in [-0.1, -0.05) is 128 Å². The van der Waals surface area contributed by atoms with Crippen molar-refractivity contribution in [3.63, 3.8) is 0 Å². The minimum absolute atomic E-state index is 0.00564. The molecular weight excluding hydrogens is 2100 g/mol. The molecule has 4 fully saturated rings. The number of halogens is 16. The number of alkyl halides is 15. The molecule has 0 spiro atoms. The third kappa shape index (κ3) is 33.3. The van der Waals surface area contributed by atoms with Gasteiger partial charge in [-0.3, -0.25) is 46.9 Å². The van der Waals surface area contributed by atoms with Crippen molar-refractivity contribution in [3.8, 4) is 17.2 Å². The molecule has 34 nitrogen and oxygen atoms in total. The molecule has 0 amide bonds. The van der Waals surface area contributed by atoms with Gasteiger partial charge in [-0.05, 0) is 163 Å². The molecule has 0 unspecified atom stereocenters. The van der Waals surface area contributed by atoms with Crippen LogP contribution in [0.4, 0.5) is 84.7 Å². The fourth-order valence-corrected chi connectivity index (χ4v) is 17.9. The van der Waals surface area contributed by atoms with Crippen LogP contribution in [0.1, 0.15) is 168 Å². The molecule has 10 N–H and O–H groups in total. The van der Waals surface area contributed by atoms with E-state index >= 15 is 0 Å². The Hall–Kier alpha value is -13.0. The Balaban J connectivity index is 0.000000193. The van der Waals surface area contributed by atoms with E-state index in [0.717, 1.165) is 41.5 Å². The number of hydrogen-bond donors (Lipinski definition) is 9. The van der Waals surface area contributed by atoms with Gasteiger partial charge in [0.1, 0.15) is 113 Å². The number of H-pyrrole nitrogens is 1. The Morgan fingerprint density at radius 3 is 1.11 bits per heavy atom. The molecule has 786 valence electrons. The lowest BCUT2D eigenvalue weighted by atomic mass is 9.95. The Morgan fingerprint density at radius 1 is 0.493 bits per heavy atom. The number of ether oxygens (including phenoxy) is 3. The van der Waals surface area contributed by atoms with E-state index in [9.17, 15) is 99.3 Å². The zero-order valence-electron chi connectivity index (χ0n) is 79.8. The lowest BCUT2D eigenvalue weighted by Gasteiger charge is -2.18. The SMILES string of the molecule is BrCc1cccc(Br)c1.CCO.CC[C@H]1C[C@@H](Nc2ncncc2C(=O)c2ccn(Cc3cccc(OC(F)(F)F)c3)n2)[C@@H](F)[C@@H]1C.CC[C@H]1C[C@@H](Nc2ncncc2C(=O)c2ccn[nH]2)[C@@H](F)[C@@H]1C.C[C@@H]1[C@@H](CO)C[C@@H](Nc2ncncc2C(=O)c2ccn(Cc3cccc(OC(F)(F)F)c3)n2)[C@H]1F.NS(=O)(=O)OC[C@H]1C[C@@H](Nc2ncncc2C(=O)c2ccn(Cc3cccc(OC(F)(F)F)c3)n2)[C@@H](F)[C@@H]1O.[2H]CF. The third-order valence-electron chi connectivity index (χ3n) is 24.0. The Labute approximate surface area is 846 Å². The fraction of sp³-hybridized carbons (Fsp3) is 0.411. The molecule has 4 aliphatic carbocycles. The number of aromatic nitrogens is 16. The maximum atomic E-state index is 14.8. The highest BCUT2D eigenvalue weighted by molar-refractivity contribution is 9.10. The second kappa shape index (κ2) is 53.4. The van der Waals surface area contributed by atoms with Crippen LogP contribution in [0.5, 0.6) is 17.2 Å². The number of benzene rings is 4. The summed E-state index contributed by atoms with van der Waals surface area (Å²) < 4.78 is 230. The maximum absolute atomic E-state index is 14.8. The number of ketones is 4. The van der Waals surface area contributed by atoms with Crippen LogP contribution in [-0.4, -0.2) is 227 Å². The van der Waals surface area contributed by atoms with Crippen molar-refractivity contribution in [2.24, 2.45) is 46.6 Å². The summed E-state index contributed by atoms with van der Waals surface area (Å²) in [6, 6.07) is 28.0. The van der Waals surface area contributed by atoms with Crippen molar-refractivity contribution in [2.75, 3.05) is 48.2 Å². The average molecular weight is 2210 g/mol. The number of rotatable bonds is 32. The average Bonchev–Trinajstić information content (AvgIpc) is 1.66. The van der Waals surface area contributed by atoms with Crippen molar-refractivity contribution < 1.29 is 124 Å². The molecule has 0 aliphatic heterocycles. The third-order valence-corrected chi connectivity index (χ3v) is 25.6. The van der Waals surface area contributed by atoms with Crippen LogP contribution in [0.2, 0.25) is 0 Å². The first-order valence-corrected chi connectivity index (χ1v) is 48.6. The van der Waals surface area contributed by atoms with Gasteiger partial charge in [0.2, 0.25) is 23.1 Å². The number of nitrogens with one attached hydrogen (secondary N) is 5. The van der Waals surface area contributed by atoms with E-state index in [4.69, 9.17) is 11.6 Å². The Bertz CT molecular complexity index is 6190. The van der Waals surface area contributed by atoms with Gasteiger partial charge in [0.25, 0.3) is 0 Å². The number of nitrogens with zero attached hydrogens (tertiary/aromatic N) is 15. The van der Waals surface area contributed by atoms with Crippen LogP contribution in [0.15, 0.2) is 201 Å². The van der Waals surface area contributed by atoms with Crippen LogP contribution in [0, 0.1) is 41.4 Å². The van der Waals surface area contributed by atoms with Gasteiger partial charge in [0.15, 0.2) is 0 Å². The normalized spacial score (nSPS) is 21.5. The number of aliphatic hydroxyl groups is 3. The first kappa shape index (κ1) is 113. The summed E-state index contributed by atoms with van der Waals surface area (Å²) in [6.45, 7) is 11.2. The minimum atomic E-state index is -4.84. The summed E-state index contributed by atoms with van der Waals surface area (Å²) in [5.41, 5.74) is 3.72. The van der Waals surface area contributed by atoms with Crippen LogP contribution in [0.25, 0.3) is 0 Å². The molecule has 0 bridgehead atoms. The smallest absolute Gasteiger partial charge is 0.406 e. The Kier molecular flexibility index (Phi) is 41.5. The summed E-state index contributed by atoms with van der Waals surface area (Å²) in [5.74, 6) is -3.13. The second-order valence-corrected chi connectivity index (χ2v) is 36.6. The molecule has 4 saturated carbocycles. The number of carbonyl (C=O) groups excluding carboxylic acids is 4. The van der Waals surface area contributed by atoms with Gasteiger partial charge in [-0.25, -0.2) is 62.6 Å². The molecule has 51 heteroatoms. The highest BCUT2D eigenvalue weighted by Gasteiger charge is 2.47. The number of anilines is 4. The van der Waals surface area contributed by atoms with Crippen LogP contribution in [0.3, 0.4) is 0 Å². The van der Waals surface area contributed by atoms with Gasteiger partial charge >= 0.3 is 29.4 Å². The molecule has 146 heavy (non-hydrogen) atoms. The molecule has 0 radical (unpaired) electrons. The number of aromatic amines is 1. The molecule has 4 aliphatic rings. The highest BCUT2D eigenvalue weighted by Crippen LogP contribution is 2.42. The van der Waals surface area contributed by atoms with Crippen molar-refractivity contribution >= 4 is 88.6 Å². The lowest BCUT2D eigenvalue weighted by Crippen LogP contribution is -2.33. The summed E-state index contributed by atoms with van der Waals surface area (Å²) in [7, 11) is -5.28. The predicted octanol–water partition coefficient (Wildman–Crippen LogP) is 16.8. The number of hydrogen-bond acceptors (Lipinski definition) is 29. The highest BCUT2D eigenvalue weighted by atomic mass is 79.9. The van der Waals surface area contributed by atoms with Gasteiger partial charge in [0, 0.05) is 78.5 Å². The number of carbonyl (C=O) groups is 4. The van der Waals surface area contributed by atoms with E-state index in [1.165, 1.54) is 149 Å². The van der Waals surface area contributed by atoms with Gasteiger partial charge in [-0.2, -0.15) is 28.8 Å². The minimum Gasteiger partial charge on any atom is -0.406 e. The lowest BCUT2D eigenvalue weighted by molar-refractivity contribution is -0.275. The number of aliphatic hydroxyl groups excluding tert-OH is 3. The molecular formula is C95H105Br2F14N21O13S. The van der Waals surface area contributed by atoms with Crippen molar-refractivity contribution in [3.05, 3.63) is 268 Å². The van der Waals surface area contributed by atoms with Crippen molar-refractivity contribution in [2.45, 2.75) is 179 Å². The fourth-order valence-electron chi connectivity index (χ4n) is 16.7. The molecule has 8 heterocycles. The standard InChI is InChI=1S/C24H25F4N5O2.C23H23F4N5O3.C22H22F4N6O6S.C16H20FN5O.C7H6Br2.C2H6O.CH3F/c1-3-16-10-20(21(25)14(16)2)31-23-18(11-29-13-30-23)22(34)19-7-8-33(32-19)12-15-5-4-6-17(9-15)35-24(26,27)28;1-13-15(11-33)8-19(20(13)24)30-22-17(9-28-12-29-22)21(34)18-5-6-32(31-18)10-14-3-2-4-16(7-14)35-23(25,26)27;23-18-17(7-13(19(18)33)10-37-39(27,35)36)30-21-15(8-28-11-29-21)20(34)16-4-5-32(31-16)9-12-2-1-3-14(6-12)38-22(24,25)26;1-3-10-6-13(14(17)9(10)2)21-16-11(7-18-8-19-16)15(23)12-4-5-20-22-12;8-5-6-2-1-3-7(9)4-6;1-2-3;1-2/h4-9,11,13-14,16,20-21H,3,10,12H2,1-2H3,(H,29,30,31);2-7,9,12-13,15,19-20,33H,8,10-11H2,1H3,(H,28,29,30);1-6,8,11,13,17-19,33H,7,9-10H2,(H2,27,35,36)(H,28,29,30);4-5,7-10,13-14H,3,6H2,1-2H3,(H,20,22)(H,18,19,21);1-4H,5H2;3H,2H2,1H3;1H3/t14-,16+,20-,21+;13-,15-,19-,20+;13-,17-,18-,19-;9-,10+,13-,14+;;;/m1111.../s1/i;;;;;;1D. The van der Waals surface area contributed by atoms with Gasteiger partial charge in [-0.15, -0.1) is 39.5 Å². The van der Waals surface area contributed by atoms with E-state index < -0.39 is 121 Å². The Morgan fingerprint density at radius 2 is 0.815 bits per heavy atom. The van der Waals surface area contributed by atoms with Crippen LogP contribution >= 0.6 is 31.9 Å². The molecule has 4 aromatic carbocycles. The zero-order chi connectivity index (χ0) is 107. The number of nitrogens with two attached hydrogens (primary N) is 1. The molecule has 12 aromatic rings. The summed E-state index contributed by atoms with van der Waals surface area (Å²) >= 11 is 6.75. The maximum Gasteiger partial charge on any atom is 0.573 e. The van der Waals surface area contributed by atoms with Crippen molar-refractivity contribution in [1.29, 1.82) is 0 Å². The summed E-state index contributed by atoms with van der Waals surface area (Å²) in [5, 5.41) is 63.9. The van der Waals surface area contributed by atoms with E-state index in [1.54, 1.807) is 44.3 Å². The van der Waals surface area contributed by atoms with E-state index in [0.29, 0.717) is 52.5 Å². The van der Waals surface area contributed by atoms with Gasteiger partial charge in [0.05, 0.1) is 87.3 Å². The second-order valence-electron chi connectivity index (χ2n) is 33.9. The first-order valence-electron chi connectivity index (χ1n) is 45.9. The predicted molar refractivity (Wildman–Crippen MR) is 512 cm³/mol. The van der Waals surface area contributed by atoms with Crippen LogP contribution in [-0.2, 0) is 39.5 Å².